The highest BCUT2D eigenvalue weighted by Gasteiger charge is 2.27. The molecule has 1 amide bonds. The summed E-state index contributed by atoms with van der Waals surface area (Å²) < 4.78 is 28.7. The van der Waals surface area contributed by atoms with E-state index in [0.29, 0.717) is 12.2 Å². The summed E-state index contributed by atoms with van der Waals surface area (Å²) in [6.07, 6.45) is 3.85. The molecular weight excluding hydrogens is 526 g/mol. The van der Waals surface area contributed by atoms with Crippen molar-refractivity contribution < 1.29 is 13.2 Å². The SMILES string of the molecule is O=C(CN(c1ccc(Br)cc1)S(=O)(=O)c1ccccc1)NCc1ccc(CN2CCCCC2)cc1. The molecule has 4 rings (SSSR count). The molecule has 0 radical (unpaired) electrons. The molecule has 1 aliphatic rings. The van der Waals surface area contributed by atoms with Crippen molar-refractivity contribution in [2.45, 2.75) is 37.2 Å². The van der Waals surface area contributed by atoms with Crippen LogP contribution >= 0.6 is 15.9 Å². The van der Waals surface area contributed by atoms with Crippen LogP contribution in [0.1, 0.15) is 30.4 Å². The third-order valence-corrected chi connectivity index (χ3v) is 8.42. The maximum Gasteiger partial charge on any atom is 0.264 e. The Bertz CT molecular complexity index is 1210. The van der Waals surface area contributed by atoms with E-state index < -0.39 is 10.0 Å². The number of halogens is 1. The highest BCUT2D eigenvalue weighted by molar-refractivity contribution is 9.10. The van der Waals surface area contributed by atoms with Crippen molar-refractivity contribution >= 4 is 37.5 Å². The lowest BCUT2D eigenvalue weighted by Gasteiger charge is -2.26. The van der Waals surface area contributed by atoms with Gasteiger partial charge in [0.25, 0.3) is 10.0 Å². The molecule has 0 saturated carbocycles. The largest absolute Gasteiger partial charge is 0.350 e. The molecule has 3 aromatic carbocycles. The lowest BCUT2D eigenvalue weighted by atomic mass is 10.1. The molecule has 0 aliphatic carbocycles. The van der Waals surface area contributed by atoms with Crippen LogP contribution in [0, 0.1) is 0 Å². The first-order valence-corrected chi connectivity index (χ1v) is 14.1. The molecule has 6 nitrogen and oxygen atoms in total. The Labute approximate surface area is 216 Å². The van der Waals surface area contributed by atoms with Crippen molar-refractivity contribution in [3.8, 4) is 0 Å². The van der Waals surface area contributed by atoms with E-state index in [1.54, 1.807) is 42.5 Å². The zero-order valence-corrected chi connectivity index (χ0v) is 22.0. The van der Waals surface area contributed by atoms with E-state index in [0.717, 1.165) is 34.0 Å². The van der Waals surface area contributed by atoms with E-state index in [1.165, 1.54) is 37.0 Å². The van der Waals surface area contributed by atoms with Gasteiger partial charge in [0, 0.05) is 17.6 Å². The molecule has 0 spiro atoms. The third kappa shape index (κ3) is 6.93. The number of amides is 1. The quantitative estimate of drug-likeness (QED) is 0.405. The fourth-order valence-corrected chi connectivity index (χ4v) is 5.87. The lowest BCUT2D eigenvalue weighted by molar-refractivity contribution is -0.119. The predicted molar refractivity (Wildman–Crippen MR) is 143 cm³/mol. The van der Waals surface area contributed by atoms with Crippen molar-refractivity contribution in [3.05, 3.63) is 94.5 Å². The summed E-state index contributed by atoms with van der Waals surface area (Å²) in [4.78, 5) is 15.5. The first kappa shape index (κ1) is 25.4. The number of carbonyl (C=O) groups excluding carboxylic acids is 1. The summed E-state index contributed by atoms with van der Waals surface area (Å²) in [5.74, 6) is -0.371. The molecule has 0 bridgehead atoms. The zero-order chi connectivity index (χ0) is 24.7. The predicted octanol–water partition coefficient (Wildman–Crippen LogP) is 4.95. The van der Waals surface area contributed by atoms with Gasteiger partial charge in [-0.2, -0.15) is 0 Å². The van der Waals surface area contributed by atoms with E-state index in [9.17, 15) is 13.2 Å². The first-order chi connectivity index (χ1) is 16.9. The van der Waals surface area contributed by atoms with Crippen LogP contribution in [0.4, 0.5) is 5.69 Å². The van der Waals surface area contributed by atoms with Crippen LogP contribution in [0.3, 0.4) is 0 Å². The highest BCUT2D eigenvalue weighted by Crippen LogP contribution is 2.25. The van der Waals surface area contributed by atoms with Gasteiger partial charge < -0.3 is 5.32 Å². The minimum atomic E-state index is -3.91. The number of rotatable bonds is 9. The Hall–Kier alpha value is -2.68. The highest BCUT2D eigenvalue weighted by atomic mass is 79.9. The smallest absolute Gasteiger partial charge is 0.264 e. The van der Waals surface area contributed by atoms with Crippen LogP contribution in [0.5, 0.6) is 0 Å². The number of carbonyl (C=O) groups is 1. The van der Waals surface area contributed by atoms with E-state index in [2.05, 4.69) is 38.3 Å². The number of nitrogens with zero attached hydrogens (tertiary/aromatic N) is 2. The fraction of sp³-hybridized carbons (Fsp3) is 0.296. The van der Waals surface area contributed by atoms with Crippen LogP contribution in [-0.4, -0.2) is 38.9 Å². The van der Waals surface area contributed by atoms with Crippen LogP contribution in [0.25, 0.3) is 0 Å². The molecule has 35 heavy (non-hydrogen) atoms. The Kier molecular flexibility index (Phi) is 8.59. The molecule has 0 atom stereocenters. The number of likely N-dealkylation sites (tertiary alicyclic amines) is 1. The number of anilines is 1. The topological polar surface area (TPSA) is 69.7 Å². The Morgan fingerprint density at radius 1 is 0.857 bits per heavy atom. The van der Waals surface area contributed by atoms with E-state index in [4.69, 9.17) is 0 Å². The Morgan fingerprint density at radius 3 is 2.14 bits per heavy atom. The summed E-state index contributed by atoms with van der Waals surface area (Å²) in [5.41, 5.74) is 2.66. The number of hydrogen-bond acceptors (Lipinski definition) is 4. The molecule has 8 heteroatoms. The number of hydrogen-bond donors (Lipinski definition) is 1. The second kappa shape index (κ2) is 11.8. The van der Waals surface area contributed by atoms with E-state index >= 15 is 0 Å². The van der Waals surface area contributed by atoms with Gasteiger partial charge in [-0.15, -0.1) is 0 Å². The van der Waals surface area contributed by atoms with Gasteiger partial charge in [-0.1, -0.05) is 64.8 Å². The molecule has 184 valence electrons. The second-order valence-corrected chi connectivity index (χ2v) is 11.5. The number of sulfonamides is 1. The van der Waals surface area contributed by atoms with E-state index in [-0.39, 0.29) is 17.3 Å². The van der Waals surface area contributed by atoms with Crippen molar-refractivity contribution in [1.29, 1.82) is 0 Å². The molecular formula is C27H30BrN3O3S. The summed E-state index contributed by atoms with van der Waals surface area (Å²) in [6.45, 7) is 3.28. The van der Waals surface area contributed by atoms with Crippen molar-refractivity contribution in [2.24, 2.45) is 0 Å². The fourth-order valence-electron chi connectivity index (χ4n) is 4.17. The summed E-state index contributed by atoms with van der Waals surface area (Å²) in [5, 5.41) is 2.87. The minimum Gasteiger partial charge on any atom is -0.350 e. The maximum absolute atomic E-state index is 13.4. The summed E-state index contributed by atoms with van der Waals surface area (Å²) in [7, 11) is -3.91. The molecule has 1 fully saturated rings. The number of benzene rings is 3. The van der Waals surface area contributed by atoms with Crippen LogP contribution in [-0.2, 0) is 27.9 Å². The number of piperidine rings is 1. The number of nitrogens with one attached hydrogen (secondary N) is 1. The van der Waals surface area contributed by atoms with Crippen LogP contribution < -0.4 is 9.62 Å². The zero-order valence-electron chi connectivity index (χ0n) is 19.6. The second-order valence-electron chi connectivity index (χ2n) is 8.73. The third-order valence-electron chi connectivity index (χ3n) is 6.10. The molecule has 0 unspecified atom stereocenters. The van der Waals surface area contributed by atoms with Gasteiger partial charge >= 0.3 is 0 Å². The molecule has 3 aromatic rings. The monoisotopic (exact) mass is 555 g/mol. The van der Waals surface area contributed by atoms with Gasteiger partial charge in [-0.3, -0.25) is 14.0 Å². The van der Waals surface area contributed by atoms with Crippen molar-refractivity contribution in [2.75, 3.05) is 23.9 Å². The van der Waals surface area contributed by atoms with Gasteiger partial charge in [0.05, 0.1) is 10.6 Å². The maximum atomic E-state index is 13.4. The van der Waals surface area contributed by atoms with Crippen LogP contribution in [0.15, 0.2) is 88.2 Å². The van der Waals surface area contributed by atoms with Gasteiger partial charge in [0.15, 0.2) is 0 Å². The first-order valence-electron chi connectivity index (χ1n) is 11.8. The average Bonchev–Trinajstić information content (AvgIpc) is 2.88. The van der Waals surface area contributed by atoms with Gasteiger partial charge in [-0.25, -0.2) is 8.42 Å². The molecule has 1 aliphatic heterocycles. The van der Waals surface area contributed by atoms with Gasteiger partial charge in [0.2, 0.25) is 5.91 Å². The average molecular weight is 557 g/mol. The van der Waals surface area contributed by atoms with E-state index in [1.807, 2.05) is 12.1 Å². The van der Waals surface area contributed by atoms with Gasteiger partial charge in [0.1, 0.15) is 6.54 Å². The standard InChI is InChI=1S/C27H30BrN3O3S/c28-24-13-15-25(16-14-24)31(35(33,34)26-7-3-1-4-8-26)21-27(32)29-19-22-9-11-23(12-10-22)20-30-17-5-2-6-18-30/h1,3-4,7-16H,2,5-6,17-21H2,(H,29,32). The molecule has 0 aromatic heterocycles. The van der Waals surface area contributed by atoms with Gasteiger partial charge in [-0.05, 0) is 73.5 Å². The summed E-state index contributed by atoms with van der Waals surface area (Å²) >= 11 is 3.37. The molecule has 1 N–H and O–H groups in total. The molecule has 1 saturated heterocycles. The lowest BCUT2D eigenvalue weighted by Crippen LogP contribution is -2.40. The Morgan fingerprint density at radius 2 is 1.49 bits per heavy atom. The summed E-state index contributed by atoms with van der Waals surface area (Å²) in [6, 6.07) is 23.3. The van der Waals surface area contributed by atoms with Crippen LogP contribution in [0.2, 0.25) is 0 Å². The Balaban J connectivity index is 1.41. The minimum absolute atomic E-state index is 0.139. The van der Waals surface area contributed by atoms with Crippen molar-refractivity contribution in [3.63, 3.8) is 0 Å². The van der Waals surface area contributed by atoms with Crippen molar-refractivity contribution in [1.82, 2.24) is 10.2 Å². The molecule has 1 heterocycles. The normalized spacial score (nSPS) is 14.4.